The number of amides is 2. The summed E-state index contributed by atoms with van der Waals surface area (Å²) in [5.41, 5.74) is 8.99. The molecule has 0 fully saturated rings. The molecule has 2 unspecified atom stereocenters. The quantitative estimate of drug-likeness (QED) is 0.542. The molecule has 84 valence electrons. The smallest absolute Gasteiger partial charge is 0.309 e. The van der Waals surface area contributed by atoms with Crippen molar-refractivity contribution < 1.29 is 19.4 Å². The highest BCUT2D eigenvalue weighted by atomic mass is 31.1. The van der Waals surface area contributed by atoms with Gasteiger partial charge in [-0.3, -0.25) is 4.57 Å². The fraction of sp³-hybridized carbons (Fsp3) is 0.125. The minimum atomic E-state index is -2.86. The number of primary amides is 2. The van der Waals surface area contributed by atoms with Crippen LogP contribution in [0.1, 0.15) is 11.4 Å². The number of hydrogen-bond acceptors (Lipinski definition) is 3. The summed E-state index contributed by atoms with van der Waals surface area (Å²) in [4.78, 5) is 17.6. The number of hydrogen-bond donors (Lipinski definition) is 4. The second-order valence-corrected chi connectivity index (χ2v) is 3.78. The van der Waals surface area contributed by atoms with E-state index < -0.39 is 19.9 Å². The molecule has 6 N–H and O–H groups in total. The molecule has 0 radical (unpaired) electrons. The lowest BCUT2D eigenvalue weighted by molar-refractivity contribution is 0.243. The van der Waals surface area contributed by atoms with Crippen molar-refractivity contribution in [3.05, 3.63) is 35.9 Å². The van der Waals surface area contributed by atoms with Crippen molar-refractivity contribution in [1.29, 1.82) is 0 Å². The predicted molar refractivity (Wildman–Crippen MR) is 56.4 cm³/mol. The van der Waals surface area contributed by atoms with E-state index in [1.54, 1.807) is 30.3 Å². The minimum Gasteiger partial charge on any atom is -0.378 e. The van der Waals surface area contributed by atoms with Crippen LogP contribution in [0.25, 0.3) is 0 Å². The van der Waals surface area contributed by atoms with Gasteiger partial charge in [-0.2, -0.15) is 0 Å². The van der Waals surface area contributed by atoms with Gasteiger partial charge in [0.1, 0.15) is 0 Å². The van der Waals surface area contributed by atoms with E-state index in [-0.39, 0.29) is 0 Å². The summed E-state index contributed by atoms with van der Waals surface area (Å²) in [5, 5.41) is 9.08. The van der Waals surface area contributed by atoms with Crippen molar-refractivity contribution >= 4 is 14.1 Å². The minimum absolute atomic E-state index is 0.485. The number of benzene rings is 1. The van der Waals surface area contributed by atoms with E-state index in [0.29, 0.717) is 5.56 Å². The van der Waals surface area contributed by atoms with Crippen LogP contribution in [0.2, 0.25) is 0 Å². The summed E-state index contributed by atoms with van der Waals surface area (Å²) in [5.74, 6) is -1.22. The highest BCUT2D eigenvalue weighted by molar-refractivity contribution is 7.38. The summed E-state index contributed by atoms with van der Waals surface area (Å²) < 4.78 is 10.4. The molecule has 0 heterocycles. The first-order valence-electron chi connectivity index (χ1n) is 3.96. The molecule has 6 nitrogen and oxygen atoms in total. The maximum absolute atomic E-state index is 10.4. The number of nitrogens with two attached hydrogens (primary N) is 2. The average Bonchev–Trinajstić information content (AvgIpc) is 2.17. The lowest BCUT2D eigenvalue weighted by Crippen LogP contribution is -2.18. The number of urea groups is 1. The Morgan fingerprint density at radius 3 is 2.00 bits per heavy atom. The SMILES string of the molecule is NC(N)=O.O=[PH](O)C(O)c1ccccc1. The average molecular weight is 232 g/mol. The molecule has 0 spiro atoms. The first-order valence-corrected chi connectivity index (χ1v) is 5.39. The van der Waals surface area contributed by atoms with Gasteiger partial charge in [-0.05, 0) is 5.56 Å². The van der Waals surface area contributed by atoms with Gasteiger partial charge in [0.2, 0.25) is 8.03 Å². The normalized spacial score (nSPS) is 13.2. The van der Waals surface area contributed by atoms with E-state index in [1.807, 2.05) is 0 Å². The van der Waals surface area contributed by atoms with Gasteiger partial charge in [-0.1, -0.05) is 30.3 Å². The Morgan fingerprint density at radius 1 is 1.27 bits per heavy atom. The number of carbonyl (C=O) groups is 1. The van der Waals surface area contributed by atoms with Crippen LogP contribution in [0.3, 0.4) is 0 Å². The maximum atomic E-state index is 10.4. The topological polar surface area (TPSA) is 127 Å². The molecule has 2 amide bonds. The van der Waals surface area contributed by atoms with Crippen molar-refractivity contribution in [2.75, 3.05) is 0 Å². The highest BCUT2D eigenvalue weighted by Gasteiger charge is 2.10. The number of carbonyl (C=O) groups excluding carboxylic acids is 1. The molecular formula is C8H13N2O4P. The van der Waals surface area contributed by atoms with Crippen LogP contribution >= 0.6 is 8.03 Å². The third kappa shape index (κ3) is 6.68. The van der Waals surface area contributed by atoms with E-state index >= 15 is 0 Å². The Labute approximate surface area is 87.4 Å². The van der Waals surface area contributed by atoms with Gasteiger partial charge in [-0.25, -0.2) is 4.79 Å². The molecule has 0 saturated carbocycles. The first kappa shape index (κ1) is 13.6. The molecule has 7 heteroatoms. The molecular weight excluding hydrogens is 219 g/mol. The largest absolute Gasteiger partial charge is 0.378 e. The zero-order valence-corrected chi connectivity index (χ0v) is 8.83. The van der Waals surface area contributed by atoms with Gasteiger partial charge < -0.3 is 21.5 Å². The van der Waals surface area contributed by atoms with Gasteiger partial charge in [0, 0.05) is 0 Å². The van der Waals surface area contributed by atoms with E-state index in [2.05, 4.69) is 11.5 Å². The third-order valence-electron chi connectivity index (χ3n) is 1.35. The highest BCUT2D eigenvalue weighted by Crippen LogP contribution is 2.34. The van der Waals surface area contributed by atoms with Crippen LogP contribution in [0, 0.1) is 0 Å². The number of aliphatic hydroxyl groups is 1. The molecule has 0 aliphatic rings. The van der Waals surface area contributed by atoms with Crippen LogP contribution in [0.15, 0.2) is 30.3 Å². The Balaban J connectivity index is 0.000000423. The van der Waals surface area contributed by atoms with Crippen LogP contribution in [-0.4, -0.2) is 16.0 Å². The standard InChI is InChI=1S/C7H9O3P.CH4N2O/c8-7(11(9)10)6-4-2-1-3-5-6;2-1(3)4/h1-5,7-8,11H,(H,9,10);(H4,2,3,4). The van der Waals surface area contributed by atoms with Crippen molar-refractivity contribution in [3.8, 4) is 0 Å². The predicted octanol–water partition coefficient (Wildman–Crippen LogP) is 0.168. The van der Waals surface area contributed by atoms with Crippen molar-refractivity contribution in [1.82, 2.24) is 0 Å². The van der Waals surface area contributed by atoms with Gasteiger partial charge in [-0.15, -0.1) is 0 Å². The molecule has 1 aromatic rings. The van der Waals surface area contributed by atoms with Gasteiger partial charge in [0.25, 0.3) is 0 Å². The Bertz CT molecular complexity index is 327. The molecule has 0 bridgehead atoms. The Kier molecular flexibility index (Phi) is 6.37. The van der Waals surface area contributed by atoms with Gasteiger partial charge in [0.05, 0.1) is 0 Å². The Hall–Kier alpha value is -1.36. The monoisotopic (exact) mass is 232 g/mol. The maximum Gasteiger partial charge on any atom is 0.309 e. The fourth-order valence-electron chi connectivity index (χ4n) is 0.778. The number of rotatable bonds is 2. The second-order valence-electron chi connectivity index (χ2n) is 2.55. The molecule has 15 heavy (non-hydrogen) atoms. The summed E-state index contributed by atoms with van der Waals surface area (Å²) >= 11 is 0. The lowest BCUT2D eigenvalue weighted by atomic mass is 10.2. The van der Waals surface area contributed by atoms with Crippen molar-refractivity contribution in [2.24, 2.45) is 11.5 Å². The van der Waals surface area contributed by atoms with E-state index in [4.69, 9.17) is 14.8 Å². The molecule has 0 aromatic heterocycles. The van der Waals surface area contributed by atoms with Crippen LogP contribution < -0.4 is 11.5 Å². The summed E-state index contributed by atoms with van der Waals surface area (Å²) in [7, 11) is -2.86. The van der Waals surface area contributed by atoms with Crippen molar-refractivity contribution in [2.45, 2.75) is 5.85 Å². The lowest BCUT2D eigenvalue weighted by Gasteiger charge is -2.04. The number of aliphatic hydroxyl groups excluding tert-OH is 1. The van der Waals surface area contributed by atoms with E-state index in [0.717, 1.165) is 0 Å². The summed E-state index contributed by atoms with van der Waals surface area (Å²) in [6, 6.07) is 7.60. The van der Waals surface area contributed by atoms with Gasteiger partial charge >= 0.3 is 6.03 Å². The zero-order chi connectivity index (χ0) is 11.8. The molecule has 1 aromatic carbocycles. The third-order valence-corrected chi connectivity index (χ3v) is 2.15. The molecule has 0 aliphatic heterocycles. The van der Waals surface area contributed by atoms with Gasteiger partial charge in [0.15, 0.2) is 5.85 Å². The Morgan fingerprint density at radius 2 is 1.67 bits per heavy atom. The van der Waals surface area contributed by atoms with Crippen LogP contribution in [-0.2, 0) is 4.57 Å². The summed E-state index contributed by atoms with van der Waals surface area (Å²) in [6.45, 7) is 0. The van der Waals surface area contributed by atoms with Crippen LogP contribution in [0.4, 0.5) is 4.79 Å². The second kappa shape index (κ2) is 7.00. The van der Waals surface area contributed by atoms with Crippen molar-refractivity contribution in [3.63, 3.8) is 0 Å². The zero-order valence-electron chi connectivity index (χ0n) is 7.83. The first-order chi connectivity index (χ1) is 6.95. The molecule has 0 saturated heterocycles. The van der Waals surface area contributed by atoms with E-state index in [9.17, 15) is 4.57 Å². The summed E-state index contributed by atoms with van der Waals surface area (Å²) in [6.07, 6.45) is 0. The molecule has 0 aliphatic carbocycles. The van der Waals surface area contributed by atoms with E-state index in [1.165, 1.54) is 0 Å². The molecule has 2 atom stereocenters. The molecule has 1 rings (SSSR count). The fourth-order valence-corrected chi connectivity index (χ4v) is 1.26. The van der Waals surface area contributed by atoms with Crippen LogP contribution in [0.5, 0.6) is 0 Å².